The molecular weight excluding hydrogens is 557 g/mol. The predicted molar refractivity (Wildman–Crippen MR) is 156 cm³/mol. The number of fused-ring (bicyclic) bond motifs is 1. The number of ether oxygens (including phenoxy) is 2. The van der Waals surface area contributed by atoms with Crippen LogP contribution in [0.2, 0.25) is 5.02 Å². The van der Waals surface area contributed by atoms with Crippen molar-refractivity contribution < 1.29 is 23.5 Å². The summed E-state index contributed by atoms with van der Waals surface area (Å²) < 4.78 is 24.9. The van der Waals surface area contributed by atoms with Crippen LogP contribution in [0.1, 0.15) is 11.1 Å². The number of nitrogens with zero attached hydrogens (tertiary/aromatic N) is 1. The van der Waals surface area contributed by atoms with Gasteiger partial charge in [-0.15, -0.1) is 11.8 Å². The summed E-state index contributed by atoms with van der Waals surface area (Å²) in [5.74, 6) is 0.950. The first-order valence-corrected chi connectivity index (χ1v) is 14.2. The number of halogens is 2. The molecule has 0 spiro atoms. The Hall–Kier alpha value is -3.46. The van der Waals surface area contributed by atoms with Gasteiger partial charge in [-0.05, 0) is 70.1 Å². The van der Waals surface area contributed by atoms with Gasteiger partial charge in [0.05, 0.1) is 25.2 Å². The van der Waals surface area contributed by atoms with Gasteiger partial charge >= 0.3 is 0 Å². The lowest BCUT2D eigenvalue weighted by Crippen LogP contribution is -2.27. The van der Waals surface area contributed by atoms with Crippen LogP contribution in [0.5, 0.6) is 11.5 Å². The molecule has 5 rings (SSSR count). The highest BCUT2D eigenvalue weighted by molar-refractivity contribution is 8.18. The molecule has 1 heterocycles. The van der Waals surface area contributed by atoms with E-state index < -0.39 is 17.0 Å². The Balaban J connectivity index is 1.23. The van der Waals surface area contributed by atoms with E-state index in [2.05, 4.69) is 30.3 Å². The van der Waals surface area contributed by atoms with Crippen molar-refractivity contribution in [3.63, 3.8) is 0 Å². The minimum absolute atomic E-state index is 0.0337. The SMILES string of the molecule is COc1cc(/C=C2\SC(=O)N(Cc3ccc(F)cc3Cl)C2=O)ccc1OCCSc1cccc2ccccc12. The Labute approximate surface area is 238 Å². The highest BCUT2D eigenvalue weighted by atomic mass is 35.5. The van der Waals surface area contributed by atoms with Crippen LogP contribution in [0.25, 0.3) is 16.8 Å². The Morgan fingerprint density at radius 2 is 1.82 bits per heavy atom. The fraction of sp³-hybridized carbons (Fsp3) is 0.133. The van der Waals surface area contributed by atoms with Crippen LogP contribution in [-0.2, 0) is 11.3 Å². The van der Waals surface area contributed by atoms with Crippen LogP contribution in [0, 0.1) is 5.82 Å². The van der Waals surface area contributed by atoms with Crippen molar-refractivity contribution in [2.75, 3.05) is 19.5 Å². The summed E-state index contributed by atoms with van der Waals surface area (Å²) in [6, 6.07) is 23.8. The summed E-state index contributed by atoms with van der Waals surface area (Å²) in [6.07, 6.45) is 1.64. The molecule has 5 nitrogen and oxygen atoms in total. The molecule has 0 aromatic heterocycles. The topological polar surface area (TPSA) is 55.8 Å². The fourth-order valence-electron chi connectivity index (χ4n) is 4.13. The molecule has 0 bridgehead atoms. The number of rotatable bonds is 9. The molecule has 1 saturated heterocycles. The van der Waals surface area contributed by atoms with Crippen molar-refractivity contribution in [1.82, 2.24) is 4.90 Å². The largest absolute Gasteiger partial charge is 0.493 e. The van der Waals surface area contributed by atoms with Gasteiger partial charge in [-0.25, -0.2) is 4.39 Å². The quantitative estimate of drug-likeness (QED) is 0.114. The van der Waals surface area contributed by atoms with Crippen LogP contribution in [-0.4, -0.2) is 35.5 Å². The van der Waals surface area contributed by atoms with Gasteiger partial charge in [-0.1, -0.05) is 60.1 Å². The second-order valence-electron chi connectivity index (χ2n) is 8.59. The van der Waals surface area contributed by atoms with Gasteiger partial charge in [0, 0.05) is 15.7 Å². The first-order valence-electron chi connectivity index (χ1n) is 12.0. The lowest BCUT2D eigenvalue weighted by Gasteiger charge is -2.13. The molecule has 0 aliphatic carbocycles. The van der Waals surface area contributed by atoms with Crippen LogP contribution in [0.15, 0.2) is 88.7 Å². The van der Waals surface area contributed by atoms with E-state index in [1.165, 1.54) is 27.8 Å². The first-order chi connectivity index (χ1) is 18.9. The number of hydrogen-bond donors (Lipinski definition) is 0. The summed E-state index contributed by atoms with van der Waals surface area (Å²) in [4.78, 5) is 28.0. The number of thioether (sulfide) groups is 2. The standard InChI is InChI=1S/C30H23ClFNO4S2/c1-36-26-15-19(16-28-29(34)33(30(35)39-28)18-21-10-11-22(32)17-24(21)31)9-12-25(26)37-13-14-38-27-8-4-6-20-5-2-3-7-23(20)27/h2-12,15-17H,13-14,18H2,1H3/b28-16-. The summed E-state index contributed by atoms with van der Waals surface area (Å²) in [7, 11) is 1.55. The molecule has 0 atom stereocenters. The summed E-state index contributed by atoms with van der Waals surface area (Å²) >= 11 is 8.65. The van der Waals surface area contributed by atoms with E-state index in [4.69, 9.17) is 21.1 Å². The second-order valence-corrected chi connectivity index (χ2v) is 11.1. The Morgan fingerprint density at radius 1 is 1.00 bits per heavy atom. The Morgan fingerprint density at radius 3 is 2.64 bits per heavy atom. The van der Waals surface area contributed by atoms with Crippen molar-refractivity contribution in [3.05, 3.63) is 106 Å². The molecule has 39 heavy (non-hydrogen) atoms. The Bertz CT molecular complexity index is 1590. The average Bonchev–Trinajstić information content (AvgIpc) is 3.20. The van der Waals surface area contributed by atoms with Crippen molar-refractivity contribution in [2.45, 2.75) is 11.4 Å². The molecule has 4 aromatic rings. The normalized spacial score (nSPS) is 14.4. The molecule has 0 N–H and O–H groups in total. The van der Waals surface area contributed by atoms with Crippen LogP contribution >= 0.6 is 35.1 Å². The number of methoxy groups -OCH3 is 1. The van der Waals surface area contributed by atoms with Gasteiger partial charge in [0.1, 0.15) is 5.82 Å². The zero-order chi connectivity index (χ0) is 27.4. The van der Waals surface area contributed by atoms with Gasteiger partial charge in [0.15, 0.2) is 11.5 Å². The summed E-state index contributed by atoms with van der Waals surface area (Å²) in [6.45, 7) is 0.447. The lowest BCUT2D eigenvalue weighted by molar-refractivity contribution is -0.123. The third kappa shape index (κ3) is 6.24. The smallest absolute Gasteiger partial charge is 0.293 e. The maximum atomic E-state index is 13.4. The maximum Gasteiger partial charge on any atom is 0.293 e. The van der Waals surface area contributed by atoms with E-state index >= 15 is 0 Å². The molecule has 0 radical (unpaired) electrons. The number of amides is 2. The highest BCUT2D eigenvalue weighted by Gasteiger charge is 2.35. The Kier molecular flexibility index (Phi) is 8.45. The second kappa shape index (κ2) is 12.2. The van der Waals surface area contributed by atoms with Crippen LogP contribution in [0.4, 0.5) is 9.18 Å². The summed E-state index contributed by atoms with van der Waals surface area (Å²) in [5, 5.41) is 2.17. The molecule has 1 fully saturated rings. The third-order valence-electron chi connectivity index (χ3n) is 6.05. The molecule has 4 aromatic carbocycles. The van der Waals surface area contributed by atoms with E-state index in [0.29, 0.717) is 29.2 Å². The van der Waals surface area contributed by atoms with Gasteiger partial charge < -0.3 is 9.47 Å². The van der Waals surface area contributed by atoms with Crippen LogP contribution < -0.4 is 9.47 Å². The van der Waals surface area contributed by atoms with Gasteiger partial charge in [-0.2, -0.15) is 0 Å². The number of hydrogen-bond acceptors (Lipinski definition) is 6. The molecule has 1 aliphatic rings. The molecule has 1 aliphatic heterocycles. The highest BCUT2D eigenvalue weighted by Crippen LogP contribution is 2.36. The predicted octanol–water partition coefficient (Wildman–Crippen LogP) is 8.05. The minimum Gasteiger partial charge on any atom is -0.493 e. The molecule has 2 amide bonds. The summed E-state index contributed by atoms with van der Waals surface area (Å²) in [5.41, 5.74) is 1.18. The van der Waals surface area contributed by atoms with Crippen molar-refractivity contribution in [2.24, 2.45) is 0 Å². The van der Waals surface area contributed by atoms with E-state index in [9.17, 15) is 14.0 Å². The monoisotopic (exact) mass is 579 g/mol. The lowest BCUT2D eigenvalue weighted by atomic mass is 10.1. The number of imide groups is 1. The molecule has 198 valence electrons. The van der Waals surface area contributed by atoms with Gasteiger partial charge in [-0.3, -0.25) is 14.5 Å². The molecular formula is C30H23ClFNO4S2. The number of benzene rings is 4. The first kappa shape index (κ1) is 27.1. The molecule has 9 heteroatoms. The van der Waals surface area contributed by atoms with Crippen molar-refractivity contribution in [3.8, 4) is 11.5 Å². The van der Waals surface area contributed by atoms with E-state index in [1.807, 2.05) is 12.1 Å². The van der Waals surface area contributed by atoms with E-state index in [-0.39, 0.29) is 16.5 Å². The zero-order valence-corrected chi connectivity index (χ0v) is 23.2. The van der Waals surface area contributed by atoms with E-state index in [0.717, 1.165) is 28.5 Å². The minimum atomic E-state index is -0.484. The molecule has 0 unspecified atom stereocenters. The number of carbonyl (C=O) groups excluding carboxylic acids is 2. The average molecular weight is 580 g/mol. The zero-order valence-electron chi connectivity index (χ0n) is 20.9. The van der Waals surface area contributed by atoms with E-state index in [1.54, 1.807) is 43.1 Å². The van der Waals surface area contributed by atoms with Crippen LogP contribution in [0.3, 0.4) is 0 Å². The van der Waals surface area contributed by atoms with Crippen molar-refractivity contribution in [1.29, 1.82) is 0 Å². The number of carbonyl (C=O) groups is 2. The molecule has 0 saturated carbocycles. The fourth-order valence-corrected chi connectivity index (χ4v) is 6.09. The van der Waals surface area contributed by atoms with Gasteiger partial charge in [0.2, 0.25) is 0 Å². The van der Waals surface area contributed by atoms with Gasteiger partial charge in [0.25, 0.3) is 11.1 Å². The van der Waals surface area contributed by atoms with Crippen molar-refractivity contribution >= 4 is 63.1 Å². The third-order valence-corrected chi connectivity index (χ3v) is 8.35. The maximum absolute atomic E-state index is 13.4.